The molecule has 2 aromatic rings. The lowest BCUT2D eigenvalue weighted by molar-refractivity contribution is -0.139. The Morgan fingerprint density at radius 2 is 1.91 bits per heavy atom. The molecule has 0 saturated heterocycles. The Hall–Kier alpha value is -1.59. The van der Waals surface area contributed by atoms with Crippen molar-refractivity contribution in [3.8, 4) is 0 Å². The second-order valence-electron chi connectivity index (χ2n) is 4.96. The molecule has 6 heteroatoms. The zero-order chi connectivity index (χ0) is 16.4. The van der Waals surface area contributed by atoms with Gasteiger partial charge in [0.05, 0.1) is 22.3 Å². The molecule has 1 heterocycles. The molecule has 0 aliphatic heterocycles. The van der Waals surface area contributed by atoms with Crippen LogP contribution in [0.3, 0.4) is 0 Å². The Bertz CT molecular complexity index is 722. The van der Waals surface area contributed by atoms with E-state index in [2.05, 4.69) is 15.9 Å². The molecule has 0 amide bonds. The fraction of sp³-hybridized carbons (Fsp3) is 0.250. The van der Waals surface area contributed by atoms with Crippen LogP contribution in [0.2, 0.25) is 5.02 Å². The van der Waals surface area contributed by atoms with Gasteiger partial charge in [-0.3, -0.25) is 9.59 Å². The third-order valence-electron chi connectivity index (χ3n) is 3.61. The van der Waals surface area contributed by atoms with Crippen molar-refractivity contribution >= 4 is 39.3 Å². The van der Waals surface area contributed by atoms with E-state index in [1.807, 2.05) is 0 Å². The van der Waals surface area contributed by atoms with Crippen LogP contribution in [0.25, 0.3) is 0 Å². The minimum atomic E-state index is -0.951. The van der Waals surface area contributed by atoms with E-state index in [1.165, 1.54) is 6.07 Å². The highest BCUT2D eigenvalue weighted by molar-refractivity contribution is 9.10. The highest BCUT2D eigenvalue weighted by atomic mass is 79.9. The van der Waals surface area contributed by atoms with E-state index in [9.17, 15) is 14.7 Å². The zero-order valence-electron chi connectivity index (χ0n) is 12.1. The molecule has 0 aliphatic rings. The number of ketones is 1. The molecule has 0 saturated carbocycles. The zero-order valence-corrected chi connectivity index (χ0v) is 14.5. The SMILES string of the molecule is CCC(C(=O)O)c1c(Cl)cc(C(=O)c2ccc(Br)cc2)n1C. The molecule has 1 aromatic heterocycles. The number of carboxylic acid groups (broad SMARTS) is 1. The standard InChI is InChI=1S/C16H15BrClNO3/c1-3-11(16(21)22)14-12(18)8-13(19(14)2)15(20)9-4-6-10(17)7-5-9/h4-8,11H,3H2,1-2H3,(H,21,22). The van der Waals surface area contributed by atoms with Crippen LogP contribution in [-0.4, -0.2) is 21.4 Å². The molecule has 0 fully saturated rings. The number of carboxylic acids is 1. The maximum atomic E-state index is 12.6. The van der Waals surface area contributed by atoms with Gasteiger partial charge in [0.1, 0.15) is 0 Å². The molecule has 4 nitrogen and oxygen atoms in total. The predicted molar refractivity (Wildman–Crippen MR) is 88.7 cm³/mol. The summed E-state index contributed by atoms with van der Waals surface area (Å²) in [7, 11) is 1.67. The maximum Gasteiger partial charge on any atom is 0.312 e. The average Bonchev–Trinajstić information content (AvgIpc) is 2.76. The molecule has 0 bridgehead atoms. The first-order chi connectivity index (χ1) is 10.4. The number of hydrogen-bond acceptors (Lipinski definition) is 2. The lowest BCUT2D eigenvalue weighted by Crippen LogP contribution is -2.16. The summed E-state index contributed by atoms with van der Waals surface area (Å²) in [5.41, 5.74) is 1.36. The van der Waals surface area contributed by atoms with Crippen molar-refractivity contribution in [1.82, 2.24) is 4.57 Å². The van der Waals surface area contributed by atoms with E-state index in [1.54, 1.807) is 42.8 Å². The van der Waals surface area contributed by atoms with Gasteiger partial charge in [-0.2, -0.15) is 0 Å². The number of rotatable bonds is 5. The summed E-state index contributed by atoms with van der Waals surface area (Å²) in [6.45, 7) is 1.78. The van der Waals surface area contributed by atoms with Gasteiger partial charge in [-0.1, -0.05) is 34.5 Å². The summed E-state index contributed by atoms with van der Waals surface area (Å²) in [5, 5.41) is 9.61. The van der Waals surface area contributed by atoms with Crippen LogP contribution in [0.4, 0.5) is 0 Å². The third-order valence-corrected chi connectivity index (χ3v) is 4.44. The van der Waals surface area contributed by atoms with E-state index >= 15 is 0 Å². The molecule has 1 aromatic carbocycles. The predicted octanol–water partition coefficient (Wildman–Crippen LogP) is 4.25. The Balaban J connectivity index is 2.47. The van der Waals surface area contributed by atoms with Crippen molar-refractivity contribution in [3.63, 3.8) is 0 Å². The number of aliphatic carboxylic acids is 1. The van der Waals surface area contributed by atoms with Gasteiger partial charge in [0.25, 0.3) is 0 Å². The Kier molecular flexibility index (Phi) is 5.08. The summed E-state index contributed by atoms with van der Waals surface area (Å²) in [5.74, 6) is -1.87. The number of hydrogen-bond donors (Lipinski definition) is 1. The molecule has 1 unspecified atom stereocenters. The maximum absolute atomic E-state index is 12.6. The fourth-order valence-corrected chi connectivity index (χ4v) is 3.06. The summed E-state index contributed by atoms with van der Waals surface area (Å²) in [6, 6.07) is 8.52. The van der Waals surface area contributed by atoms with Crippen molar-refractivity contribution in [2.75, 3.05) is 0 Å². The molecule has 2 rings (SSSR count). The summed E-state index contributed by atoms with van der Waals surface area (Å²) in [4.78, 5) is 23.9. The summed E-state index contributed by atoms with van der Waals surface area (Å²) < 4.78 is 2.46. The van der Waals surface area contributed by atoms with Gasteiger partial charge in [-0.25, -0.2) is 0 Å². The minimum Gasteiger partial charge on any atom is -0.481 e. The van der Waals surface area contributed by atoms with E-state index in [-0.39, 0.29) is 5.78 Å². The fourth-order valence-electron chi connectivity index (χ4n) is 2.43. The molecule has 22 heavy (non-hydrogen) atoms. The van der Waals surface area contributed by atoms with Crippen LogP contribution in [0, 0.1) is 0 Å². The monoisotopic (exact) mass is 383 g/mol. The lowest BCUT2D eigenvalue weighted by atomic mass is 10.0. The number of nitrogens with zero attached hydrogens (tertiary/aromatic N) is 1. The van der Waals surface area contributed by atoms with Crippen LogP contribution >= 0.6 is 27.5 Å². The number of aromatic nitrogens is 1. The number of carbonyl (C=O) groups excluding carboxylic acids is 1. The highest BCUT2D eigenvalue weighted by Gasteiger charge is 2.27. The van der Waals surface area contributed by atoms with Gasteiger partial charge in [-0.05, 0) is 36.8 Å². The van der Waals surface area contributed by atoms with E-state index < -0.39 is 11.9 Å². The first-order valence-electron chi connectivity index (χ1n) is 6.75. The van der Waals surface area contributed by atoms with Gasteiger partial charge in [0.2, 0.25) is 5.78 Å². The Morgan fingerprint density at radius 1 is 1.32 bits per heavy atom. The van der Waals surface area contributed by atoms with Crippen LogP contribution in [0.15, 0.2) is 34.8 Å². The highest BCUT2D eigenvalue weighted by Crippen LogP contribution is 2.31. The van der Waals surface area contributed by atoms with Crippen molar-refractivity contribution in [2.45, 2.75) is 19.3 Å². The molecule has 0 spiro atoms. The van der Waals surface area contributed by atoms with Gasteiger partial charge < -0.3 is 9.67 Å². The van der Waals surface area contributed by atoms with Crippen LogP contribution in [0.1, 0.15) is 41.0 Å². The first-order valence-corrected chi connectivity index (χ1v) is 7.92. The smallest absolute Gasteiger partial charge is 0.312 e. The normalized spacial score (nSPS) is 12.2. The van der Waals surface area contributed by atoms with Gasteiger partial charge in [-0.15, -0.1) is 0 Å². The minimum absolute atomic E-state index is 0.191. The van der Waals surface area contributed by atoms with E-state index in [0.29, 0.717) is 28.4 Å². The van der Waals surface area contributed by atoms with Gasteiger partial charge >= 0.3 is 5.97 Å². The van der Waals surface area contributed by atoms with Crippen molar-refractivity contribution in [3.05, 3.63) is 56.8 Å². The molecular weight excluding hydrogens is 370 g/mol. The van der Waals surface area contributed by atoms with Gasteiger partial charge in [0, 0.05) is 17.1 Å². The van der Waals surface area contributed by atoms with Crippen molar-refractivity contribution in [1.29, 1.82) is 0 Å². The second kappa shape index (κ2) is 6.67. The first kappa shape index (κ1) is 16.8. The quantitative estimate of drug-likeness (QED) is 0.784. The van der Waals surface area contributed by atoms with Crippen LogP contribution in [-0.2, 0) is 11.8 Å². The molecule has 1 N–H and O–H groups in total. The van der Waals surface area contributed by atoms with Crippen molar-refractivity contribution in [2.24, 2.45) is 7.05 Å². The number of carbonyl (C=O) groups is 2. The lowest BCUT2D eigenvalue weighted by Gasteiger charge is -2.13. The van der Waals surface area contributed by atoms with Crippen molar-refractivity contribution < 1.29 is 14.7 Å². The van der Waals surface area contributed by atoms with E-state index in [4.69, 9.17) is 11.6 Å². The molecule has 0 aliphatic carbocycles. The second-order valence-corrected chi connectivity index (χ2v) is 6.28. The number of halogens is 2. The summed E-state index contributed by atoms with van der Waals surface area (Å²) >= 11 is 9.50. The Labute approximate surface area is 141 Å². The molecule has 116 valence electrons. The van der Waals surface area contributed by atoms with Gasteiger partial charge in [0.15, 0.2) is 0 Å². The average molecular weight is 385 g/mol. The van der Waals surface area contributed by atoms with E-state index in [0.717, 1.165) is 4.47 Å². The van der Waals surface area contributed by atoms with Crippen LogP contribution < -0.4 is 0 Å². The molecule has 1 atom stereocenters. The number of benzene rings is 1. The molecule has 0 radical (unpaired) electrons. The van der Waals surface area contributed by atoms with Crippen LogP contribution in [0.5, 0.6) is 0 Å². The largest absolute Gasteiger partial charge is 0.481 e. The summed E-state index contributed by atoms with van der Waals surface area (Å²) in [6.07, 6.45) is 0.402. The third kappa shape index (κ3) is 3.10. The Morgan fingerprint density at radius 3 is 2.41 bits per heavy atom. The molecular formula is C16H15BrClNO3. The topological polar surface area (TPSA) is 59.3 Å².